The third kappa shape index (κ3) is 9.12. The van der Waals surface area contributed by atoms with Crippen molar-refractivity contribution in [1.29, 1.82) is 0 Å². The maximum atomic E-state index is 13.9. The van der Waals surface area contributed by atoms with Crippen LogP contribution in [0.2, 0.25) is 0 Å². The quantitative estimate of drug-likeness (QED) is 0.144. The van der Waals surface area contributed by atoms with E-state index in [1.807, 2.05) is 38.1 Å². The summed E-state index contributed by atoms with van der Waals surface area (Å²) < 4.78 is 16.8. The molecule has 19 heteroatoms. The SMILES string of the molecule is CCC1=C(C)C2=NC1=CC1=C(C)C3=C(O)CC(=C4NC(=C(c5ccc(C(=O)NC6OC(CO)C(O)C(O)C6OC)cc5)C5=NC(=C2)C(C(C)C)=C5C)[C@@H](C)[C@@H]4CCC(=O)NC2OC(CO)C(O)C(O)C2O)C3=N1. The number of nitrogens with one attached hydrogen (secondary N) is 3. The highest BCUT2D eigenvalue weighted by Crippen LogP contribution is 2.49. The Bertz CT molecular complexity index is 2840. The van der Waals surface area contributed by atoms with Crippen molar-refractivity contribution in [1.82, 2.24) is 16.0 Å². The Kier molecular flexibility index (Phi) is 14.7. The zero-order valence-electron chi connectivity index (χ0n) is 42.2. The predicted molar refractivity (Wildman–Crippen MR) is 269 cm³/mol. The lowest BCUT2D eigenvalue weighted by Gasteiger charge is -2.41. The molecule has 1 aliphatic carbocycles. The van der Waals surface area contributed by atoms with Crippen LogP contribution in [-0.2, 0) is 19.0 Å². The third-order valence-electron chi connectivity index (χ3n) is 15.5. The number of carbonyl (C=O) groups excluding carboxylic acids is 2. The zero-order valence-corrected chi connectivity index (χ0v) is 42.2. The number of benzene rings is 1. The van der Waals surface area contributed by atoms with E-state index in [9.17, 15) is 50.4 Å². The van der Waals surface area contributed by atoms with E-state index in [4.69, 9.17) is 29.2 Å². The van der Waals surface area contributed by atoms with Crippen LogP contribution in [0.4, 0.5) is 0 Å². The van der Waals surface area contributed by atoms with Gasteiger partial charge in [-0.1, -0.05) is 39.8 Å². The molecule has 11 N–H and O–H groups in total. The molecule has 0 saturated carbocycles. The Labute approximate surface area is 423 Å². The molecule has 12 atom stereocenters. The Morgan fingerprint density at radius 2 is 1.47 bits per heavy atom. The van der Waals surface area contributed by atoms with Gasteiger partial charge in [0.05, 0.1) is 47.4 Å². The van der Waals surface area contributed by atoms with Gasteiger partial charge in [-0.25, -0.2) is 15.0 Å². The summed E-state index contributed by atoms with van der Waals surface area (Å²) in [7, 11) is 1.31. The minimum absolute atomic E-state index is 0.0353. The number of hydrogen-bond donors (Lipinski definition) is 11. The average molecular weight is 1010 g/mol. The van der Waals surface area contributed by atoms with Gasteiger partial charge in [-0.3, -0.25) is 9.59 Å². The summed E-state index contributed by atoms with van der Waals surface area (Å²) in [4.78, 5) is 43.6. The van der Waals surface area contributed by atoms with Crippen LogP contribution in [-0.4, -0.2) is 151 Å². The van der Waals surface area contributed by atoms with Crippen LogP contribution in [0.5, 0.6) is 0 Å². The van der Waals surface area contributed by atoms with Crippen molar-refractivity contribution >= 4 is 34.5 Å². The van der Waals surface area contributed by atoms with Crippen molar-refractivity contribution in [2.24, 2.45) is 32.7 Å². The summed E-state index contributed by atoms with van der Waals surface area (Å²) in [5, 5.41) is 93.4. The number of rotatable bonds is 12. The number of methoxy groups -OCH3 is 1. The molecule has 8 aliphatic rings. The van der Waals surface area contributed by atoms with Crippen LogP contribution in [0, 0.1) is 17.8 Å². The molecule has 3 saturated heterocycles. The Balaban J connectivity index is 1.17. The smallest absolute Gasteiger partial charge is 0.253 e. The first kappa shape index (κ1) is 52.2. The number of allylic oxidation sites excluding steroid dienone is 12. The Hall–Kier alpha value is -5.71. The van der Waals surface area contributed by atoms with Crippen molar-refractivity contribution in [3.05, 3.63) is 121 Å². The number of aliphatic hydroxyl groups excluding tert-OH is 8. The summed E-state index contributed by atoms with van der Waals surface area (Å²) in [6.45, 7) is 13.2. The molecule has 2 amide bonds. The predicted octanol–water partition coefficient (Wildman–Crippen LogP) is 2.72. The second kappa shape index (κ2) is 20.5. The number of fused-ring (bicyclic) bond motifs is 5. The summed E-state index contributed by atoms with van der Waals surface area (Å²) in [6.07, 6.45) is -8.90. The first-order valence-electron chi connectivity index (χ1n) is 25.0. The lowest BCUT2D eigenvalue weighted by Crippen LogP contribution is -2.63. The molecule has 19 nitrogen and oxygen atoms in total. The molecule has 7 aliphatic heterocycles. The van der Waals surface area contributed by atoms with Crippen molar-refractivity contribution in [3.8, 4) is 0 Å². The maximum Gasteiger partial charge on any atom is 0.253 e. The molecule has 0 spiro atoms. The molecule has 9 rings (SSSR count). The topological polar surface area (TPSA) is 297 Å². The van der Waals surface area contributed by atoms with Gasteiger partial charge in [0, 0.05) is 65.5 Å². The molecule has 73 heavy (non-hydrogen) atoms. The number of carbonyl (C=O) groups is 2. The molecule has 390 valence electrons. The molecule has 7 heterocycles. The van der Waals surface area contributed by atoms with Gasteiger partial charge < -0.3 is 71.0 Å². The van der Waals surface area contributed by atoms with E-state index >= 15 is 0 Å². The molecule has 8 bridgehead atoms. The summed E-state index contributed by atoms with van der Waals surface area (Å²) >= 11 is 0. The van der Waals surface area contributed by atoms with E-state index in [-0.39, 0.29) is 42.4 Å². The van der Waals surface area contributed by atoms with Gasteiger partial charge in [-0.05, 0) is 97.2 Å². The average Bonchev–Trinajstić information content (AvgIpc) is 4.14. The van der Waals surface area contributed by atoms with Crippen LogP contribution < -0.4 is 16.0 Å². The Morgan fingerprint density at radius 1 is 0.795 bits per heavy atom. The fraction of sp³-hybridized carbons (Fsp3) is 0.500. The van der Waals surface area contributed by atoms with Gasteiger partial charge >= 0.3 is 0 Å². The zero-order chi connectivity index (χ0) is 52.5. The molecule has 10 unspecified atom stereocenters. The third-order valence-corrected chi connectivity index (χ3v) is 15.5. The van der Waals surface area contributed by atoms with Crippen LogP contribution in [0.15, 0.2) is 125 Å². The summed E-state index contributed by atoms with van der Waals surface area (Å²) in [5.41, 5.74) is 13.7. The van der Waals surface area contributed by atoms with Crippen molar-refractivity contribution in [2.75, 3.05) is 20.3 Å². The second-order valence-electron chi connectivity index (χ2n) is 20.2. The highest BCUT2D eigenvalue weighted by Gasteiger charge is 2.47. The van der Waals surface area contributed by atoms with Gasteiger partial charge in [0.15, 0.2) is 12.5 Å². The number of aliphatic imine (C=N–C) groups is 3. The van der Waals surface area contributed by atoms with Gasteiger partial charge in [-0.2, -0.15) is 0 Å². The highest BCUT2D eigenvalue weighted by atomic mass is 16.6. The van der Waals surface area contributed by atoms with Gasteiger partial charge in [0.1, 0.15) is 54.6 Å². The van der Waals surface area contributed by atoms with Crippen molar-refractivity contribution in [2.45, 2.75) is 135 Å². The van der Waals surface area contributed by atoms with E-state index in [0.29, 0.717) is 34.7 Å². The fourth-order valence-corrected chi connectivity index (χ4v) is 11.5. The number of hydrogen-bond acceptors (Lipinski definition) is 17. The minimum atomic E-state index is -1.68. The number of aliphatic hydroxyl groups is 8. The standard InChI is InChI=1S/C54H66N6O13/c1-9-28-22(4)31-18-34-39(21(2)3)25(7)43(57-34)41(26-10-12-27(13-11-26)52(70)60-54-51(71-8)49(68)47(66)37(20-62)73-54)42-23(5)29(14-15-38(64)58-53-50(69)48(67)46(65)36(19-61)72-53)44(59-42)30-16-35(63)40-24(6)32(56-45(30)40)17-33(28)55-31/h10-13,17-18,21,23,29,36-37,46-51,53-54,59,61-63,65-69H,9,14-16,19-20H2,1-8H3,(H,58,64)(H,60,70)/t23-,29-,36?,37?,46?,47?,48?,49?,50?,51?,53?,54?/m0/s1. The maximum absolute atomic E-state index is 13.9. The van der Waals surface area contributed by atoms with E-state index in [1.54, 1.807) is 12.1 Å². The largest absolute Gasteiger partial charge is 0.511 e. The van der Waals surface area contributed by atoms with Gasteiger partial charge in [-0.15, -0.1) is 0 Å². The molecule has 1 aromatic carbocycles. The Morgan fingerprint density at radius 3 is 2.11 bits per heavy atom. The van der Waals surface area contributed by atoms with E-state index in [2.05, 4.69) is 50.6 Å². The number of ether oxygens (including phenoxy) is 3. The number of nitrogens with zero attached hydrogens (tertiary/aromatic N) is 3. The first-order chi connectivity index (χ1) is 34.8. The molecular formula is C54H66N6O13. The normalized spacial score (nSPS) is 32.1. The van der Waals surface area contributed by atoms with Crippen molar-refractivity contribution in [3.63, 3.8) is 0 Å². The molecular weight excluding hydrogens is 941 g/mol. The molecule has 1 aromatic rings. The monoisotopic (exact) mass is 1010 g/mol. The second-order valence-corrected chi connectivity index (χ2v) is 20.2. The fourth-order valence-electron chi connectivity index (χ4n) is 11.5. The van der Waals surface area contributed by atoms with Crippen LogP contribution in [0.3, 0.4) is 0 Å². The van der Waals surface area contributed by atoms with Gasteiger partial charge in [0.25, 0.3) is 5.91 Å². The van der Waals surface area contributed by atoms with E-state index in [0.717, 1.165) is 67.5 Å². The summed E-state index contributed by atoms with van der Waals surface area (Å²) in [6, 6.07) is 6.94. The van der Waals surface area contributed by atoms with Gasteiger partial charge in [0.2, 0.25) is 5.91 Å². The summed E-state index contributed by atoms with van der Waals surface area (Å²) in [5.74, 6) is -1.63. The van der Waals surface area contributed by atoms with Crippen LogP contribution in [0.1, 0.15) is 90.1 Å². The van der Waals surface area contributed by atoms with Crippen LogP contribution >= 0.6 is 0 Å². The van der Waals surface area contributed by atoms with E-state index < -0.39 is 92.2 Å². The molecule has 0 radical (unpaired) electrons. The lowest BCUT2D eigenvalue weighted by molar-refractivity contribution is -0.239. The van der Waals surface area contributed by atoms with E-state index in [1.165, 1.54) is 7.11 Å². The molecule has 0 aromatic heterocycles. The highest BCUT2D eigenvalue weighted by molar-refractivity contribution is 6.34. The van der Waals surface area contributed by atoms with Crippen molar-refractivity contribution < 1.29 is 64.7 Å². The lowest BCUT2D eigenvalue weighted by atomic mass is 9.83. The minimum Gasteiger partial charge on any atom is -0.511 e. The number of amides is 2. The molecule has 3 fully saturated rings. The van der Waals surface area contributed by atoms with Crippen LogP contribution in [0.25, 0.3) is 5.57 Å². The first-order valence-corrected chi connectivity index (χ1v) is 25.0.